The molecule has 0 saturated heterocycles. The zero-order valence-corrected chi connectivity index (χ0v) is 31.1. The number of nitro benzene ring substituents is 2. The Morgan fingerprint density at radius 2 is 0.800 bits per heavy atom. The molecule has 55 heavy (non-hydrogen) atoms. The smallest absolute Gasteiger partial charge is 0.299 e. The number of nitrogens with zero attached hydrogens (tertiary/aromatic N) is 3. The van der Waals surface area contributed by atoms with Gasteiger partial charge in [0.2, 0.25) is 0 Å². The number of amides is 2. The summed E-state index contributed by atoms with van der Waals surface area (Å²) in [5.41, 5.74) is -0.544. The molecule has 21 heteroatoms. The number of anilines is 1. The summed E-state index contributed by atoms with van der Waals surface area (Å²) in [5.74, 6) is -0.636. The van der Waals surface area contributed by atoms with Gasteiger partial charge in [-0.15, -0.1) is 0 Å². The van der Waals surface area contributed by atoms with Crippen LogP contribution in [0.15, 0.2) is 30.4 Å². The highest BCUT2D eigenvalue weighted by Crippen LogP contribution is 2.28. The van der Waals surface area contributed by atoms with Crippen LogP contribution < -0.4 is 5.32 Å². The van der Waals surface area contributed by atoms with Crippen LogP contribution in [0.3, 0.4) is 0 Å². The Balaban J connectivity index is 1.18. The number of hydrogen-bond donors (Lipinski definition) is 1. The largest absolute Gasteiger partial charge is 0.377 e. The van der Waals surface area contributed by atoms with Crippen molar-refractivity contribution in [3.63, 3.8) is 0 Å². The zero-order chi connectivity index (χ0) is 39.6. The van der Waals surface area contributed by atoms with Crippen molar-refractivity contribution in [3.05, 3.63) is 50.6 Å². The van der Waals surface area contributed by atoms with Crippen molar-refractivity contribution in [1.82, 2.24) is 4.90 Å². The van der Waals surface area contributed by atoms with E-state index in [2.05, 4.69) is 5.32 Å². The highest BCUT2D eigenvalue weighted by Gasteiger charge is 2.22. The van der Waals surface area contributed by atoms with Crippen molar-refractivity contribution >= 4 is 28.9 Å². The van der Waals surface area contributed by atoms with E-state index in [1.54, 1.807) is 0 Å². The molecular weight excluding hydrogens is 736 g/mol. The number of nitrogens with one attached hydrogen (secondary N) is 1. The van der Waals surface area contributed by atoms with E-state index >= 15 is 0 Å². The lowest BCUT2D eigenvalue weighted by Gasteiger charge is -2.13. The van der Waals surface area contributed by atoms with E-state index in [1.165, 1.54) is 24.3 Å². The van der Waals surface area contributed by atoms with E-state index in [-0.39, 0.29) is 55.2 Å². The minimum atomic E-state index is -0.686. The molecule has 1 aromatic rings. The lowest BCUT2D eigenvalue weighted by atomic mass is 10.2. The lowest BCUT2D eigenvalue weighted by molar-refractivity contribution is -0.393. The number of ether oxygens (including phenoxy) is 11. The van der Waals surface area contributed by atoms with Gasteiger partial charge in [-0.2, -0.15) is 0 Å². The molecule has 0 bridgehead atoms. The fourth-order valence-electron chi connectivity index (χ4n) is 4.30. The minimum absolute atomic E-state index is 0.179. The van der Waals surface area contributed by atoms with E-state index < -0.39 is 9.85 Å². The van der Waals surface area contributed by atoms with Crippen molar-refractivity contribution in [2.45, 2.75) is 0 Å². The number of nitro groups is 2. The van der Waals surface area contributed by atoms with E-state index in [1.807, 2.05) is 0 Å². The number of carbonyl (C=O) groups is 2. The maximum Gasteiger partial charge on any atom is 0.299 e. The summed E-state index contributed by atoms with van der Waals surface area (Å²) in [6, 6.07) is 3.41. The molecule has 0 fully saturated rings. The van der Waals surface area contributed by atoms with E-state index in [0.717, 1.165) is 11.0 Å². The minimum Gasteiger partial charge on any atom is -0.377 e. The van der Waals surface area contributed by atoms with Crippen LogP contribution in [-0.4, -0.2) is 185 Å². The number of imide groups is 1. The molecule has 312 valence electrons. The van der Waals surface area contributed by atoms with Crippen LogP contribution in [0.2, 0.25) is 0 Å². The van der Waals surface area contributed by atoms with Crippen LogP contribution >= 0.6 is 0 Å². The summed E-state index contributed by atoms with van der Waals surface area (Å²) < 4.78 is 59.8. The molecule has 0 atom stereocenters. The molecule has 0 unspecified atom stereocenters. The fourth-order valence-corrected chi connectivity index (χ4v) is 4.30. The monoisotopic (exact) mass is 790 g/mol. The summed E-state index contributed by atoms with van der Waals surface area (Å²) in [7, 11) is 0. The van der Waals surface area contributed by atoms with Gasteiger partial charge in [-0.3, -0.25) is 34.7 Å². The molecule has 1 aliphatic rings. The Kier molecular flexibility index (Phi) is 28.0. The molecule has 0 radical (unpaired) electrons. The predicted octanol–water partition coefficient (Wildman–Crippen LogP) is 1.02. The third kappa shape index (κ3) is 24.4. The lowest BCUT2D eigenvalue weighted by Crippen LogP contribution is -2.33. The summed E-state index contributed by atoms with van der Waals surface area (Å²) in [5, 5.41) is 24.8. The van der Waals surface area contributed by atoms with Crippen molar-refractivity contribution < 1.29 is 71.5 Å². The Morgan fingerprint density at radius 3 is 1.13 bits per heavy atom. The fraction of sp³-hybridized carbons (Fsp3) is 0.706. The Labute approximate surface area is 319 Å². The molecule has 0 aromatic heterocycles. The van der Waals surface area contributed by atoms with Crippen molar-refractivity contribution in [2.75, 3.05) is 164 Å². The van der Waals surface area contributed by atoms with Gasteiger partial charge in [0.05, 0.1) is 168 Å². The molecular formula is C34H54N4O17. The van der Waals surface area contributed by atoms with Crippen LogP contribution in [0.1, 0.15) is 0 Å². The Hall–Kier alpha value is -3.74. The SMILES string of the molecule is O=C1C=CC(=O)N1CCOCCOCCOCCOCCOCCOCCOCCOCCOCCOCCOCCNc1ccc([N+](=O)[O-])cc1[N+](=O)[O-]. The molecule has 1 heterocycles. The van der Waals surface area contributed by atoms with Gasteiger partial charge in [0, 0.05) is 24.8 Å². The second kappa shape index (κ2) is 32.5. The molecule has 21 nitrogen and oxygen atoms in total. The molecule has 2 amide bonds. The van der Waals surface area contributed by atoms with Crippen LogP contribution in [0.25, 0.3) is 0 Å². The predicted molar refractivity (Wildman–Crippen MR) is 193 cm³/mol. The second-order valence-corrected chi connectivity index (χ2v) is 11.0. The second-order valence-electron chi connectivity index (χ2n) is 11.0. The maximum absolute atomic E-state index is 11.4. The first-order valence-electron chi connectivity index (χ1n) is 18.0. The van der Waals surface area contributed by atoms with Crippen molar-refractivity contribution in [1.29, 1.82) is 0 Å². The van der Waals surface area contributed by atoms with Gasteiger partial charge in [0.25, 0.3) is 23.2 Å². The summed E-state index contributed by atoms with van der Waals surface area (Å²) in [4.78, 5) is 44.6. The summed E-state index contributed by atoms with van der Waals surface area (Å²) in [6.45, 7) is 9.48. The molecule has 1 N–H and O–H groups in total. The summed E-state index contributed by atoms with van der Waals surface area (Å²) >= 11 is 0. The van der Waals surface area contributed by atoms with Gasteiger partial charge in [-0.05, 0) is 6.07 Å². The standard InChI is InChI=1S/C34H54N4O17/c39-33-3-4-34(40)36(33)6-8-46-10-12-48-14-16-50-18-20-52-22-24-54-26-28-55-27-25-53-23-21-51-19-17-49-15-13-47-11-9-45-7-5-35-31-2-1-30(37(41)42)29-32(31)38(43)44/h1-4,29,35H,5-28H2. The molecule has 1 aromatic carbocycles. The van der Waals surface area contributed by atoms with Gasteiger partial charge in [0.15, 0.2) is 0 Å². The maximum atomic E-state index is 11.4. The number of carbonyl (C=O) groups excluding carboxylic acids is 2. The third-order valence-corrected chi connectivity index (χ3v) is 7.03. The summed E-state index contributed by atoms with van der Waals surface area (Å²) in [6.07, 6.45) is 2.49. The first kappa shape index (κ1) is 47.4. The van der Waals surface area contributed by atoms with E-state index in [4.69, 9.17) is 52.1 Å². The molecule has 2 rings (SSSR count). The number of non-ortho nitro benzene ring substituents is 1. The first-order chi connectivity index (χ1) is 26.9. The van der Waals surface area contributed by atoms with E-state index in [9.17, 15) is 29.8 Å². The molecule has 1 aliphatic heterocycles. The van der Waals surface area contributed by atoms with Crippen LogP contribution in [0.4, 0.5) is 17.1 Å². The molecule has 0 saturated carbocycles. The molecule has 0 spiro atoms. The van der Waals surface area contributed by atoms with Crippen molar-refractivity contribution in [3.8, 4) is 0 Å². The number of benzene rings is 1. The topological polar surface area (TPSA) is 237 Å². The van der Waals surface area contributed by atoms with Crippen LogP contribution in [-0.2, 0) is 61.7 Å². The number of hydrogen-bond acceptors (Lipinski definition) is 18. The Morgan fingerprint density at radius 1 is 0.473 bits per heavy atom. The first-order valence-corrected chi connectivity index (χ1v) is 18.0. The van der Waals surface area contributed by atoms with E-state index in [0.29, 0.717) is 132 Å². The van der Waals surface area contributed by atoms with Gasteiger partial charge in [-0.25, -0.2) is 0 Å². The van der Waals surface area contributed by atoms with Gasteiger partial charge < -0.3 is 57.4 Å². The Bertz CT molecular complexity index is 1220. The third-order valence-electron chi connectivity index (χ3n) is 7.03. The number of rotatable bonds is 39. The quantitative estimate of drug-likeness (QED) is 0.0424. The normalized spacial score (nSPS) is 12.6. The van der Waals surface area contributed by atoms with Crippen LogP contribution in [0.5, 0.6) is 0 Å². The highest BCUT2D eigenvalue weighted by atomic mass is 16.6. The van der Waals surface area contributed by atoms with Crippen LogP contribution in [0, 0.1) is 20.2 Å². The van der Waals surface area contributed by atoms with Gasteiger partial charge in [0.1, 0.15) is 5.69 Å². The van der Waals surface area contributed by atoms with Gasteiger partial charge >= 0.3 is 0 Å². The highest BCUT2D eigenvalue weighted by molar-refractivity contribution is 6.12. The molecule has 0 aliphatic carbocycles. The zero-order valence-electron chi connectivity index (χ0n) is 31.1. The van der Waals surface area contributed by atoms with Crippen molar-refractivity contribution in [2.24, 2.45) is 0 Å². The average Bonchev–Trinajstić information content (AvgIpc) is 3.50. The van der Waals surface area contributed by atoms with Gasteiger partial charge in [-0.1, -0.05) is 0 Å². The average molecular weight is 791 g/mol.